The molecule has 2 aliphatic heterocycles. The first-order chi connectivity index (χ1) is 12.1. The second kappa shape index (κ2) is 8.64. The maximum Gasteiger partial charge on any atom is 0.275 e. The Balaban J connectivity index is 1.47. The van der Waals surface area contributed by atoms with E-state index in [4.69, 9.17) is 4.74 Å². The van der Waals surface area contributed by atoms with Crippen LogP contribution in [-0.4, -0.2) is 71.8 Å². The van der Waals surface area contributed by atoms with Crippen LogP contribution in [0, 0.1) is 5.92 Å². The van der Waals surface area contributed by atoms with Crippen molar-refractivity contribution in [1.82, 2.24) is 20.0 Å². The third-order valence-corrected chi connectivity index (χ3v) is 6.17. The Morgan fingerprint density at radius 2 is 1.96 bits per heavy atom. The number of morpholine rings is 1. The minimum Gasteiger partial charge on any atom is -0.379 e. The van der Waals surface area contributed by atoms with Gasteiger partial charge in [0.05, 0.1) is 23.4 Å². The molecule has 0 atom stereocenters. The first kappa shape index (κ1) is 18.9. The summed E-state index contributed by atoms with van der Waals surface area (Å²) >= 11 is 3.54. The molecule has 2 fully saturated rings. The lowest BCUT2D eigenvalue weighted by molar-refractivity contribution is 0.0332. The van der Waals surface area contributed by atoms with Gasteiger partial charge in [-0.15, -0.1) is 0 Å². The monoisotopic (exact) mass is 412 g/mol. The molecule has 25 heavy (non-hydrogen) atoms. The maximum absolute atomic E-state index is 12.8. The molecule has 0 aromatic carbocycles. The molecule has 0 aliphatic carbocycles. The van der Waals surface area contributed by atoms with Crippen molar-refractivity contribution in [3.8, 4) is 0 Å². The second-order valence-electron chi connectivity index (χ2n) is 7.43. The van der Waals surface area contributed by atoms with E-state index in [1.54, 1.807) is 0 Å². The largest absolute Gasteiger partial charge is 0.379 e. The average Bonchev–Trinajstić information content (AvgIpc) is 3.02. The van der Waals surface area contributed by atoms with Gasteiger partial charge >= 0.3 is 0 Å². The number of carbonyl (C=O) groups is 1. The smallest absolute Gasteiger partial charge is 0.275 e. The molecule has 0 bridgehead atoms. The zero-order chi connectivity index (χ0) is 17.8. The fourth-order valence-electron chi connectivity index (χ4n) is 3.63. The number of piperidine rings is 1. The summed E-state index contributed by atoms with van der Waals surface area (Å²) in [6.07, 6.45) is 3.41. The molecule has 140 valence electrons. The minimum absolute atomic E-state index is 0.0432. The van der Waals surface area contributed by atoms with Gasteiger partial charge in [-0.25, -0.2) is 0 Å². The Hall–Kier alpha value is -0.920. The van der Waals surface area contributed by atoms with Gasteiger partial charge in [0, 0.05) is 26.2 Å². The molecule has 0 unspecified atom stereocenters. The molecular formula is C18H29BrN4O2. The first-order valence-electron chi connectivity index (χ1n) is 9.39. The van der Waals surface area contributed by atoms with E-state index in [0.717, 1.165) is 74.9 Å². The van der Waals surface area contributed by atoms with Crippen LogP contribution in [0.25, 0.3) is 0 Å². The number of halogens is 1. The third-order valence-electron chi connectivity index (χ3n) is 5.37. The molecule has 1 amide bonds. The summed E-state index contributed by atoms with van der Waals surface area (Å²) < 4.78 is 6.22. The molecule has 0 radical (unpaired) electrons. The molecule has 1 aromatic heterocycles. The number of H-pyrrole nitrogens is 1. The molecule has 3 heterocycles. The molecule has 7 heteroatoms. The Labute approximate surface area is 158 Å². The van der Waals surface area contributed by atoms with Crippen LogP contribution in [0.3, 0.4) is 0 Å². The van der Waals surface area contributed by atoms with Gasteiger partial charge in [-0.05, 0) is 53.6 Å². The summed E-state index contributed by atoms with van der Waals surface area (Å²) in [6, 6.07) is 0. The van der Waals surface area contributed by atoms with Crippen LogP contribution in [0.2, 0.25) is 0 Å². The highest BCUT2D eigenvalue weighted by Gasteiger charge is 2.28. The fraction of sp³-hybridized carbons (Fsp3) is 0.778. The normalized spacial score (nSPS) is 20.4. The zero-order valence-electron chi connectivity index (χ0n) is 15.3. The van der Waals surface area contributed by atoms with Crippen molar-refractivity contribution in [3.05, 3.63) is 15.9 Å². The molecule has 2 aliphatic rings. The summed E-state index contributed by atoms with van der Waals surface area (Å²) in [5.41, 5.74) is 1.51. The van der Waals surface area contributed by atoms with Crippen molar-refractivity contribution >= 4 is 21.8 Å². The highest BCUT2D eigenvalue weighted by Crippen LogP contribution is 2.28. The van der Waals surface area contributed by atoms with Crippen LogP contribution in [0.15, 0.2) is 4.47 Å². The van der Waals surface area contributed by atoms with Crippen LogP contribution < -0.4 is 0 Å². The van der Waals surface area contributed by atoms with Crippen LogP contribution >= 0.6 is 15.9 Å². The van der Waals surface area contributed by atoms with E-state index in [1.165, 1.54) is 6.42 Å². The number of hydrogen-bond acceptors (Lipinski definition) is 4. The van der Waals surface area contributed by atoms with Crippen LogP contribution in [0.1, 0.15) is 55.2 Å². The predicted molar refractivity (Wildman–Crippen MR) is 101 cm³/mol. The number of rotatable bonds is 5. The standard InChI is InChI=1S/C18H29BrN4O2/c1-13(2)16-15(19)17(21-20-16)18(24)23-7-4-14(5-8-23)3-6-22-9-11-25-12-10-22/h13-14H,3-12H2,1-2H3,(H,20,21). The van der Waals surface area contributed by atoms with Crippen LogP contribution in [-0.2, 0) is 4.74 Å². The fourth-order valence-corrected chi connectivity index (χ4v) is 4.44. The van der Waals surface area contributed by atoms with Crippen molar-refractivity contribution in [2.75, 3.05) is 45.9 Å². The van der Waals surface area contributed by atoms with Gasteiger partial charge in [0.15, 0.2) is 5.69 Å². The van der Waals surface area contributed by atoms with Gasteiger partial charge < -0.3 is 9.64 Å². The van der Waals surface area contributed by atoms with Gasteiger partial charge in [0.25, 0.3) is 5.91 Å². The minimum atomic E-state index is 0.0432. The van der Waals surface area contributed by atoms with Gasteiger partial charge in [-0.3, -0.25) is 14.8 Å². The molecule has 0 saturated carbocycles. The SMILES string of the molecule is CC(C)c1[nH]nc(C(=O)N2CCC(CCN3CCOCC3)CC2)c1Br. The van der Waals surface area contributed by atoms with E-state index in [2.05, 4.69) is 44.9 Å². The van der Waals surface area contributed by atoms with E-state index >= 15 is 0 Å². The lowest BCUT2D eigenvalue weighted by Crippen LogP contribution is -2.41. The maximum atomic E-state index is 12.8. The van der Waals surface area contributed by atoms with Crippen molar-refractivity contribution in [2.45, 2.75) is 39.0 Å². The summed E-state index contributed by atoms with van der Waals surface area (Å²) in [4.78, 5) is 17.2. The van der Waals surface area contributed by atoms with Crippen LogP contribution in [0.4, 0.5) is 0 Å². The van der Waals surface area contributed by atoms with Crippen LogP contribution in [0.5, 0.6) is 0 Å². The molecule has 3 rings (SSSR count). The Morgan fingerprint density at radius 3 is 2.56 bits per heavy atom. The van der Waals surface area contributed by atoms with Gasteiger partial charge in [0.2, 0.25) is 0 Å². The lowest BCUT2D eigenvalue weighted by Gasteiger charge is -2.33. The van der Waals surface area contributed by atoms with E-state index in [-0.39, 0.29) is 5.91 Å². The molecule has 0 spiro atoms. The Kier molecular flexibility index (Phi) is 6.52. The number of aromatic nitrogens is 2. The Morgan fingerprint density at radius 1 is 1.28 bits per heavy atom. The summed E-state index contributed by atoms with van der Waals surface area (Å²) in [5, 5.41) is 7.25. The van der Waals surface area contributed by atoms with Crippen molar-refractivity contribution in [1.29, 1.82) is 0 Å². The number of nitrogens with one attached hydrogen (secondary N) is 1. The number of carbonyl (C=O) groups excluding carboxylic acids is 1. The highest BCUT2D eigenvalue weighted by atomic mass is 79.9. The summed E-state index contributed by atoms with van der Waals surface area (Å²) in [6.45, 7) is 10.9. The van der Waals surface area contributed by atoms with Gasteiger partial charge in [0.1, 0.15) is 0 Å². The zero-order valence-corrected chi connectivity index (χ0v) is 16.8. The van der Waals surface area contributed by atoms with E-state index in [1.807, 2.05) is 4.90 Å². The van der Waals surface area contributed by atoms with Crippen molar-refractivity contribution in [2.24, 2.45) is 5.92 Å². The average molecular weight is 413 g/mol. The first-order valence-corrected chi connectivity index (χ1v) is 10.2. The molecule has 1 N–H and O–H groups in total. The second-order valence-corrected chi connectivity index (χ2v) is 8.23. The quantitative estimate of drug-likeness (QED) is 0.807. The van der Waals surface area contributed by atoms with Gasteiger partial charge in [-0.2, -0.15) is 5.10 Å². The molecule has 6 nitrogen and oxygen atoms in total. The molecule has 2 saturated heterocycles. The number of likely N-dealkylation sites (tertiary alicyclic amines) is 1. The lowest BCUT2D eigenvalue weighted by atomic mass is 9.93. The van der Waals surface area contributed by atoms with E-state index < -0.39 is 0 Å². The topological polar surface area (TPSA) is 61.5 Å². The van der Waals surface area contributed by atoms with Crippen molar-refractivity contribution in [3.63, 3.8) is 0 Å². The molecular weight excluding hydrogens is 384 g/mol. The summed E-state index contributed by atoms with van der Waals surface area (Å²) in [7, 11) is 0. The number of hydrogen-bond donors (Lipinski definition) is 1. The number of nitrogens with zero attached hydrogens (tertiary/aromatic N) is 3. The van der Waals surface area contributed by atoms with Gasteiger partial charge in [-0.1, -0.05) is 13.8 Å². The Bertz CT molecular complexity index is 576. The number of ether oxygens (including phenoxy) is 1. The predicted octanol–water partition coefficient (Wildman–Crippen LogP) is 2.87. The number of amides is 1. The number of aromatic amines is 1. The van der Waals surface area contributed by atoms with E-state index in [9.17, 15) is 4.79 Å². The van der Waals surface area contributed by atoms with Crippen molar-refractivity contribution < 1.29 is 9.53 Å². The molecule has 1 aromatic rings. The summed E-state index contributed by atoms with van der Waals surface area (Å²) in [5.74, 6) is 1.08. The third kappa shape index (κ3) is 4.63. The highest BCUT2D eigenvalue weighted by molar-refractivity contribution is 9.10. The van der Waals surface area contributed by atoms with E-state index in [0.29, 0.717) is 11.6 Å².